The number of carboxylic acids is 1. The molecular weight excluding hydrogens is 436 g/mol. The van der Waals surface area contributed by atoms with Crippen molar-refractivity contribution >= 4 is 18.0 Å². The van der Waals surface area contributed by atoms with Crippen LogP contribution in [0.15, 0.2) is 48.5 Å². The van der Waals surface area contributed by atoms with Gasteiger partial charge in [-0.05, 0) is 62.3 Å². The Morgan fingerprint density at radius 2 is 1.56 bits per heavy atom. The fraction of sp³-hybridized carbons (Fsp3) is 0.423. The number of carboxylic acid groups (broad SMARTS) is 1. The van der Waals surface area contributed by atoms with Gasteiger partial charge in [0.25, 0.3) is 0 Å². The van der Waals surface area contributed by atoms with E-state index in [0.717, 1.165) is 22.3 Å². The Balaban J connectivity index is 1.46. The Morgan fingerprint density at radius 3 is 2.12 bits per heavy atom. The molecule has 2 aromatic carbocycles. The van der Waals surface area contributed by atoms with Gasteiger partial charge in [-0.1, -0.05) is 48.5 Å². The third-order valence-corrected chi connectivity index (χ3v) is 5.38. The molecule has 34 heavy (non-hydrogen) atoms. The first kappa shape index (κ1) is 25.2. The van der Waals surface area contributed by atoms with Crippen molar-refractivity contribution in [2.45, 2.75) is 57.8 Å². The molecule has 8 heteroatoms. The molecule has 1 aliphatic carbocycles. The standard InChI is InChI=1S/C26H32N2O6/c1-26(2,3)34-25(32)27-15-9-8-14-21(24(30)31)28-22(29)16-33-23-19-12-6-4-10-17(19)18-11-5-7-13-20(18)23/h4-7,10-13,21,23H,8-9,14-16H2,1-3H3,(H,27,32)(H,28,29)(H,30,31)/t21-/m0/s1. The fourth-order valence-electron chi connectivity index (χ4n) is 3.92. The summed E-state index contributed by atoms with van der Waals surface area (Å²) in [6.07, 6.45) is 0.428. The predicted molar refractivity (Wildman–Crippen MR) is 127 cm³/mol. The first-order valence-corrected chi connectivity index (χ1v) is 11.4. The van der Waals surface area contributed by atoms with Crippen LogP contribution in [0, 0.1) is 0 Å². The van der Waals surface area contributed by atoms with Crippen LogP contribution < -0.4 is 10.6 Å². The summed E-state index contributed by atoms with van der Waals surface area (Å²) < 4.78 is 11.1. The van der Waals surface area contributed by atoms with E-state index in [1.165, 1.54) is 0 Å². The number of hydrogen-bond donors (Lipinski definition) is 3. The Labute approximate surface area is 199 Å². The third-order valence-electron chi connectivity index (χ3n) is 5.38. The molecule has 2 aromatic rings. The fourth-order valence-corrected chi connectivity index (χ4v) is 3.92. The van der Waals surface area contributed by atoms with Gasteiger partial charge in [-0.15, -0.1) is 0 Å². The highest BCUT2D eigenvalue weighted by molar-refractivity contribution is 5.84. The van der Waals surface area contributed by atoms with E-state index in [4.69, 9.17) is 9.47 Å². The van der Waals surface area contributed by atoms with Crippen LogP contribution in [-0.2, 0) is 19.1 Å². The first-order chi connectivity index (χ1) is 16.2. The summed E-state index contributed by atoms with van der Waals surface area (Å²) in [6, 6.07) is 14.8. The van der Waals surface area contributed by atoms with Gasteiger partial charge in [0.05, 0.1) is 0 Å². The van der Waals surface area contributed by atoms with Crippen LogP contribution in [0.2, 0.25) is 0 Å². The Morgan fingerprint density at radius 1 is 0.971 bits per heavy atom. The molecule has 8 nitrogen and oxygen atoms in total. The number of amides is 2. The van der Waals surface area contributed by atoms with Crippen molar-refractivity contribution < 1.29 is 29.0 Å². The number of benzene rings is 2. The topological polar surface area (TPSA) is 114 Å². The molecule has 0 unspecified atom stereocenters. The van der Waals surface area contributed by atoms with Crippen molar-refractivity contribution in [3.05, 3.63) is 59.7 Å². The summed E-state index contributed by atoms with van der Waals surface area (Å²) in [7, 11) is 0. The van der Waals surface area contributed by atoms with Crippen molar-refractivity contribution in [3.63, 3.8) is 0 Å². The number of aliphatic carboxylic acids is 1. The summed E-state index contributed by atoms with van der Waals surface area (Å²) in [5.41, 5.74) is 3.55. The number of ether oxygens (including phenoxy) is 2. The second-order valence-corrected chi connectivity index (χ2v) is 9.25. The molecular formula is C26H32N2O6. The molecule has 0 spiro atoms. The maximum absolute atomic E-state index is 12.5. The minimum absolute atomic E-state index is 0.242. The number of unbranched alkanes of at least 4 members (excludes halogenated alkanes) is 1. The zero-order chi connectivity index (χ0) is 24.7. The van der Waals surface area contributed by atoms with Crippen molar-refractivity contribution in [1.82, 2.24) is 10.6 Å². The number of nitrogens with one attached hydrogen (secondary N) is 2. The van der Waals surface area contributed by atoms with E-state index in [9.17, 15) is 19.5 Å². The zero-order valence-corrected chi connectivity index (χ0v) is 19.8. The maximum Gasteiger partial charge on any atom is 0.407 e. The van der Waals surface area contributed by atoms with Gasteiger partial charge in [0, 0.05) is 6.54 Å². The normalized spacial score (nSPS) is 13.5. The molecule has 0 fully saturated rings. The number of carbonyl (C=O) groups excluding carboxylic acids is 2. The van der Waals surface area contributed by atoms with Gasteiger partial charge < -0.3 is 25.2 Å². The molecule has 0 heterocycles. The Hall–Kier alpha value is -3.39. The van der Waals surface area contributed by atoms with E-state index < -0.39 is 29.6 Å². The van der Waals surface area contributed by atoms with Crippen LogP contribution in [0.25, 0.3) is 11.1 Å². The summed E-state index contributed by atoms with van der Waals surface area (Å²) in [5, 5.41) is 14.7. The number of alkyl carbamates (subject to hydrolysis) is 1. The van der Waals surface area contributed by atoms with Crippen LogP contribution in [0.3, 0.4) is 0 Å². The number of rotatable bonds is 10. The van der Waals surface area contributed by atoms with Crippen molar-refractivity contribution in [2.75, 3.05) is 13.2 Å². The van der Waals surface area contributed by atoms with Crippen LogP contribution in [0.1, 0.15) is 57.3 Å². The summed E-state index contributed by atoms with van der Waals surface area (Å²) in [6.45, 7) is 5.44. The summed E-state index contributed by atoms with van der Waals surface area (Å²) in [5.74, 6) is -1.59. The van der Waals surface area contributed by atoms with Gasteiger partial charge >= 0.3 is 12.1 Å². The molecule has 0 saturated carbocycles. The largest absolute Gasteiger partial charge is 0.480 e. The van der Waals surface area contributed by atoms with Gasteiger partial charge in [0.2, 0.25) is 5.91 Å². The van der Waals surface area contributed by atoms with E-state index in [0.29, 0.717) is 19.4 Å². The van der Waals surface area contributed by atoms with Crippen LogP contribution >= 0.6 is 0 Å². The van der Waals surface area contributed by atoms with Crippen LogP contribution in [-0.4, -0.2) is 47.9 Å². The number of carbonyl (C=O) groups is 3. The average Bonchev–Trinajstić information content (AvgIpc) is 3.09. The highest BCUT2D eigenvalue weighted by Gasteiger charge is 2.29. The monoisotopic (exact) mass is 468 g/mol. The molecule has 0 aliphatic heterocycles. The predicted octanol–water partition coefficient (Wildman–Crippen LogP) is 4.04. The van der Waals surface area contributed by atoms with E-state index in [2.05, 4.69) is 10.6 Å². The van der Waals surface area contributed by atoms with Crippen LogP contribution in [0.5, 0.6) is 0 Å². The SMILES string of the molecule is CC(C)(C)OC(=O)NCCCC[C@H](NC(=O)COC1c2ccccc2-c2ccccc21)C(=O)O. The molecule has 2 amide bonds. The lowest BCUT2D eigenvalue weighted by atomic mass is 10.1. The Bertz CT molecular complexity index is 984. The third kappa shape index (κ3) is 6.81. The molecule has 182 valence electrons. The highest BCUT2D eigenvalue weighted by atomic mass is 16.6. The molecule has 0 bridgehead atoms. The zero-order valence-electron chi connectivity index (χ0n) is 19.8. The van der Waals surface area contributed by atoms with Crippen molar-refractivity contribution in [1.29, 1.82) is 0 Å². The Kier molecular flexibility index (Phi) is 8.28. The number of hydrogen-bond acceptors (Lipinski definition) is 5. The minimum atomic E-state index is -1.11. The molecule has 1 aliphatic rings. The molecule has 0 radical (unpaired) electrons. The highest BCUT2D eigenvalue weighted by Crippen LogP contribution is 2.44. The van der Waals surface area contributed by atoms with Crippen molar-refractivity contribution in [2.24, 2.45) is 0 Å². The second kappa shape index (κ2) is 11.2. The van der Waals surface area contributed by atoms with Crippen molar-refractivity contribution in [3.8, 4) is 11.1 Å². The van der Waals surface area contributed by atoms with Crippen LogP contribution in [0.4, 0.5) is 4.79 Å². The second-order valence-electron chi connectivity index (χ2n) is 9.25. The molecule has 0 saturated heterocycles. The quantitative estimate of drug-likeness (QED) is 0.454. The number of fused-ring (bicyclic) bond motifs is 3. The summed E-state index contributed by atoms with van der Waals surface area (Å²) >= 11 is 0. The molecule has 3 N–H and O–H groups in total. The van der Waals surface area contributed by atoms with Gasteiger partial charge in [-0.2, -0.15) is 0 Å². The molecule has 3 rings (SSSR count). The lowest BCUT2D eigenvalue weighted by Gasteiger charge is -2.20. The van der Waals surface area contributed by atoms with Gasteiger partial charge in [-0.3, -0.25) is 4.79 Å². The molecule has 1 atom stereocenters. The van der Waals surface area contributed by atoms with E-state index in [1.807, 2.05) is 48.5 Å². The smallest absolute Gasteiger partial charge is 0.407 e. The average molecular weight is 469 g/mol. The maximum atomic E-state index is 12.5. The minimum Gasteiger partial charge on any atom is -0.480 e. The van der Waals surface area contributed by atoms with Gasteiger partial charge in [0.1, 0.15) is 24.4 Å². The van der Waals surface area contributed by atoms with Gasteiger partial charge in [-0.25, -0.2) is 9.59 Å². The van der Waals surface area contributed by atoms with E-state index in [-0.39, 0.29) is 19.1 Å². The molecule has 0 aromatic heterocycles. The first-order valence-electron chi connectivity index (χ1n) is 11.4. The lowest BCUT2D eigenvalue weighted by molar-refractivity contribution is -0.143. The van der Waals surface area contributed by atoms with Gasteiger partial charge in [0.15, 0.2) is 0 Å². The summed E-state index contributed by atoms with van der Waals surface area (Å²) in [4.78, 5) is 35.7. The van der Waals surface area contributed by atoms with E-state index >= 15 is 0 Å². The van der Waals surface area contributed by atoms with E-state index in [1.54, 1.807) is 20.8 Å². The lowest BCUT2D eigenvalue weighted by Crippen LogP contribution is -2.42.